The van der Waals surface area contributed by atoms with E-state index in [4.69, 9.17) is 0 Å². The van der Waals surface area contributed by atoms with Crippen molar-refractivity contribution in [1.29, 1.82) is 0 Å². The van der Waals surface area contributed by atoms with Gasteiger partial charge in [-0.1, -0.05) is 40.2 Å². The van der Waals surface area contributed by atoms with Gasteiger partial charge in [0, 0.05) is 22.6 Å². The van der Waals surface area contributed by atoms with E-state index in [2.05, 4.69) is 69.7 Å². The van der Waals surface area contributed by atoms with Crippen molar-refractivity contribution >= 4 is 32.5 Å². The van der Waals surface area contributed by atoms with Gasteiger partial charge in [0.2, 0.25) is 0 Å². The zero-order chi connectivity index (χ0) is 14.1. The van der Waals surface area contributed by atoms with Crippen LogP contribution in [0, 0.1) is 6.92 Å². The summed E-state index contributed by atoms with van der Waals surface area (Å²) < 4.78 is 3.05. The van der Waals surface area contributed by atoms with Gasteiger partial charge in [0.05, 0.1) is 17.8 Å². The highest BCUT2D eigenvalue weighted by molar-refractivity contribution is 9.10. The molecule has 2 aromatic carbocycles. The third-order valence-corrected chi connectivity index (χ3v) is 4.32. The van der Waals surface area contributed by atoms with Gasteiger partial charge < -0.3 is 5.32 Å². The lowest BCUT2D eigenvalue weighted by molar-refractivity contribution is 0.771. The Morgan fingerprint density at radius 2 is 2.00 bits per heavy atom. The highest BCUT2D eigenvalue weighted by atomic mass is 79.9. The second-order valence-electron chi connectivity index (χ2n) is 4.90. The van der Waals surface area contributed by atoms with Crippen LogP contribution < -0.4 is 5.32 Å². The fraction of sp³-hybridized carbons (Fsp3) is 0.188. The van der Waals surface area contributed by atoms with Crippen LogP contribution in [0.5, 0.6) is 0 Å². The molecule has 0 atom stereocenters. The predicted octanol–water partition coefficient (Wildman–Crippen LogP) is 4.26. The van der Waals surface area contributed by atoms with Crippen molar-refractivity contribution in [2.45, 2.75) is 13.5 Å². The van der Waals surface area contributed by atoms with Crippen molar-refractivity contribution < 1.29 is 0 Å². The van der Waals surface area contributed by atoms with Crippen LogP contribution in [0.3, 0.4) is 0 Å². The molecule has 1 N–H and O–H groups in total. The Morgan fingerprint density at radius 3 is 2.80 bits per heavy atom. The molecule has 0 aliphatic carbocycles. The molecule has 0 bridgehead atoms. The number of rotatable bonds is 3. The number of hydrogen-bond acceptors (Lipinski definition) is 2. The summed E-state index contributed by atoms with van der Waals surface area (Å²) in [7, 11) is 1.98. The van der Waals surface area contributed by atoms with E-state index in [9.17, 15) is 0 Å². The Balaban J connectivity index is 1.85. The van der Waals surface area contributed by atoms with Crippen LogP contribution in [0.25, 0.3) is 10.9 Å². The van der Waals surface area contributed by atoms with Gasteiger partial charge in [0.1, 0.15) is 0 Å². The summed E-state index contributed by atoms with van der Waals surface area (Å²) in [5.74, 6) is 0. The van der Waals surface area contributed by atoms with E-state index in [1.54, 1.807) is 0 Å². The number of aromatic nitrogens is 2. The summed E-state index contributed by atoms with van der Waals surface area (Å²) in [6, 6.07) is 14.6. The van der Waals surface area contributed by atoms with Crippen LogP contribution in [0.1, 0.15) is 11.3 Å². The van der Waals surface area contributed by atoms with Gasteiger partial charge in [-0.2, -0.15) is 5.10 Å². The molecule has 0 saturated carbocycles. The third-order valence-electron chi connectivity index (χ3n) is 3.47. The highest BCUT2D eigenvalue weighted by Gasteiger charge is 2.07. The zero-order valence-corrected chi connectivity index (χ0v) is 13.1. The fourth-order valence-electron chi connectivity index (χ4n) is 2.31. The quantitative estimate of drug-likeness (QED) is 0.778. The Kier molecular flexibility index (Phi) is 3.49. The molecule has 20 heavy (non-hydrogen) atoms. The molecule has 0 spiro atoms. The lowest BCUT2D eigenvalue weighted by Crippen LogP contribution is -2.01. The lowest BCUT2D eigenvalue weighted by atomic mass is 10.2. The first kappa shape index (κ1) is 13.2. The highest BCUT2D eigenvalue weighted by Crippen LogP contribution is 2.22. The maximum atomic E-state index is 4.59. The summed E-state index contributed by atoms with van der Waals surface area (Å²) in [4.78, 5) is 0. The van der Waals surface area contributed by atoms with E-state index in [1.165, 1.54) is 10.9 Å². The van der Waals surface area contributed by atoms with Gasteiger partial charge in [-0.25, -0.2) is 0 Å². The second-order valence-corrected chi connectivity index (χ2v) is 5.76. The molecule has 0 unspecified atom stereocenters. The van der Waals surface area contributed by atoms with Crippen molar-refractivity contribution in [2.75, 3.05) is 5.32 Å². The first-order chi connectivity index (χ1) is 9.65. The van der Waals surface area contributed by atoms with Gasteiger partial charge in [-0.15, -0.1) is 0 Å². The Labute approximate surface area is 126 Å². The zero-order valence-electron chi connectivity index (χ0n) is 11.5. The minimum atomic E-state index is 0.719. The number of benzene rings is 2. The summed E-state index contributed by atoms with van der Waals surface area (Å²) in [6.45, 7) is 2.80. The summed E-state index contributed by atoms with van der Waals surface area (Å²) in [6.07, 6.45) is 0. The average Bonchev–Trinajstić information content (AvgIpc) is 2.78. The van der Waals surface area contributed by atoms with E-state index in [1.807, 2.05) is 17.8 Å². The molecule has 3 rings (SSSR count). The molecule has 4 heteroatoms. The monoisotopic (exact) mass is 329 g/mol. The van der Waals surface area contributed by atoms with Crippen LogP contribution in [0.2, 0.25) is 0 Å². The second kappa shape index (κ2) is 5.29. The maximum Gasteiger partial charge on any atom is 0.0894 e. The topological polar surface area (TPSA) is 29.9 Å². The number of aryl methyl sites for hydroxylation is 2. The fourth-order valence-corrected chi connectivity index (χ4v) is 2.69. The molecule has 0 aliphatic heterocycles. The Morgan fingerprint density at radius 1 is 1.20 bits per heavy atom. The summed E-state index contributed by atoms with van der Waals surface area (Å²) in [5.41, 5.74) is 4.56. The van der Waals surface area contributed by atoms with Crippen molar-refractivity contribution in [3.63, 3.8) is 0 Å². The lowest BCUT2D eigenvalue weighted by Gasteiger charge is -2.06. The minimum absolute atomic E-state index is 0.719. The van der Waals surface area contributed by atoms with E-state index < -0.39 is 0 Å². The Bertz CT molecular complexity index is 762. The van der Waals surface area contributed by atoms with Crippen molar-refractivity contribution in [3.8, 4) is 0 Å². The third kappa shape index (κ3) is 2.43. The molecule has 3 nitrogen and oxygen atoms in total. The minimum Gasteiger partial charge on any atom is -0.379 e. The van der Waals surface area contributed by atoms with E-state index in [-0.39, 0.29) is 0 Å². The first-order valence-corrected chi connectivity index (χ1v) is 7.35. The molecule has 0 radical (unpaired) electrons. The van der Waals surface area contributed by atoms with Crippen LogP contribution in [0.4, 0.5) is 5.69 Å². The summed E-state index contributed by atoms with van der Waals surface area (Å²) in [5, 5.41) is 9.22. The molecule has 1 heterocycles. The smallest absolute Gasteiger partial charge is 0.0894 e. The molecule has 0 aliphatic rings. The number of nitrogens with zero attached hydrogens (tertiary/aromatic N) is 2. The summed E-state index contributed by atoms with van der Waals surface area (Å²) >= 11 is 3.56. The molecular formula is C16H16BrN3. The molecule has 0 amide bonds. The SMILES string of the molecule is Cc1ccc(NCc2nn(C)c3ccccc23)cc1Br. The van der Waals surface area contributed by atoms with E-state index in [0.29, 0.717) is 0 Å². The van der Waals surface area contributed by atoms with Crippen molar-refractivity contribution in [3.05, 3.63) is 58.2 Å². The van der Waals surface area contributed by atoms with Crippen LogP contribution in [0.15, 0.2) is 46.9 Å². The van der Waals surface area contributed by atoms with Gasteiger partial charge in [0.25, 0.3) is 0 Å². The molecule has 0 fully saturated rings. The number of hydrogen-bond donors (Lipinski definition) is 1. The number of anilines is 1. The average molecular weight is 330 g/mol. The Hall–Kier alpha value is -1.81. The van der Waals surface area contributed by atoms with Crippen molar-refractivity contribution in [2.24, 2.45) is 7.05 Å². The number of halogens is 1. The van der Waals surface area contributed by atoms with Gasteiger partial charge in [-0.05, 0) is 30.7 Å². The van der Waals surface area contributed by atoms with Crippen molar-refractivity contribution in [1.82, 2.24) is 9.78 Å². The molecule has 3 aromatic rings. The van der Waals surface area contributed by atoms with Gasteiger partial charge >= 0.3 is 0 Å². The maximum absolute atomic E-state index is 4.59. The van der Waals surface area contributed by atoms with E-state index >= 15 is 0 Å². The molecular weight excluding hydrogens is 314 g/mol. The van der Waals surface area contributed by atoms with Gasteiger partial charge in [0.15, 0.2) is 0 Å². The number of para-hydroxylation sites is 1. The van der Waals surface area contributed by atoms with Crippen LogP contribution >= 0.6 is 15.9 Å². The number of nitrogens with one attached hydrogen (secondary N) is 1. The largest absolute Gasteiger partial charge is 0.379 e. The van der Waals surface area contributed by atoms with Crippen LogP contribution in [-0.2, 0) is 13.6 Å². The van der Waals surface area contributed by atoms with E-state index in [0.717, 1.165) is 27.9 Å². The van der Waals surface area contributed by atoms with Gasteiger partial charge in [-0.3, -0.25) is 4.68 Å². The predicted molar refractivity (Wildman–Crippen MR) is 86.9 cm³/mol. The van der Waals surface area contributed by atoms with Crippen LogP contribution in [-0.4, -0.2) is 9.78 Å². The molecule has 102 valence electrons. The number of fused-ring (bicyclic) bond motifs is 1. The normalized spacial score (nSPS) is 10.9. The molecule has 1 aromatic heterocycles. The first-order valence-electron chi connectivity index (χ1n) is 6.56. The molecule has 0 saturated heterocycles. The standard InChI is InChI=1S/C16H16BrN3/c1-11-7-8-12(9-14(11)17)18-10-15-13-5-3-4-6-16(13)20(2)19-15/h3-9,18H,10H2,1-2H3.